The van der Waals surface area contributed by atoms with E-state index in [1.165, 1.54) is 19.1 Å². The summed E-state index contributed by atoms with van der Waals surface area (Å²) in [5.74, 6) is 1.31. The number of carbonyl (C=O) groups is 1. The first-order valence-corrected chi connectivity index (χ1v) is 14.0. The van der Waals surface area contributed by atoms with Gasteiger partial charge in [0.05, 0.1) is 12.0 Å². The van der Waals surface area contributed by atoms with Gasteiger partial charge in [0.15, 0.2) is 5.78 Å². The Bertz CT molecular complexity index is 1620. The molecule has 0 saturated heterocycles. The minimum Gasteiger partial charge on any atom is -0.496 e. The summed E-state index contributed by atoms with van der Waals surface area (Å²) in [6, 6.07) is 18.8. The van der Waals surface area contributed by atoms with Gasteiger partial charge in [0.25, 0.3) is 0 Å². The average Bonchev–Trinajstić information content (AvgIpc) is 2.89. The van der Waals surface area contributed by atoms with E-state index in [2.05, 4.69) is 10.3 Å². The molecule has 4 aromatic rings. The lowest BCUT2D eigenvalue weighted by atomic mass is 10.1. The number of anilines is 2. The zero-order valence-corrected chi connectivity index (χ0v) is 23.8. The van der Waals surface area contributed by atoms with Crippen LogP contribution in [0.4, 0.5) is 11.5 Å². The van der Waals surface area contributed by atoms with Crippen LogP contribution in [0.5, 0.6) is 11.5 Å². The van der Waals surface area contributed by atoms with Crippen LogP contribution in [0.25, 0.3) is 0 Å². The Morgan fingerprint density at radius 2 is 1.56 bits per heavy atom. The molecule has 8 heteroatoms. The molecular weight excluding hydrogens is 512 g/mol. The van der Waals surface area contributed by atoms with Crippen molar-refractivity contribution in [2.24, 2.45) is 0 Å². The van der Waals surface area contributed by atoms with Gasteiger partial charge in [-0.1, -0.05) is 17.7 Å². The van der Waals surface area contributed by atoms with Crippen molar-refractivity contribution < 1.29 is 22.7 Å². The zero-order valence-electron chi connectivity index (χ0n) is 23.0. The summed E-state index contributed by atoms with van der Waals surface area (Å²) in [6.07, 6.45) is 0. The van der Waals surface area contributed by atoms with E-state index in [4.69, 9.17) is 9.47 Å². The molecule has 7 nitrogen and oxygen atoms in total. The van der Waals surface area contributed by atoms with Crippen molar-refractivity contribution in [3.05, 3.63) is 100 Å². The van der Waals surface area contributed by atoms with E-state index in [1.807, 2.05) is 39.8 Å². The molecule has 0 fully saturated rings. The van der Waals surface area contributed by atoms with Gasteiger partial charge in [-0.05, 0) is 100 Å². The fourth-order valence-electron chi connectivity index (χ4n) is 4.46. The Morgan fingerprint density at radius 1 is 0.897 bits per heavy atom. The Labute approximate surface area is 229 Å². The highest BCUT2D eigenvalue weighted by atomic mass is 32.2. The van der Waals surface area contributed by atoms with E-state index in [0.717, 1.165) is 22.4 Å². The number of hydrogen-bond acceptors (Lipinski definition) is 7. The lowest BCUT2D eigenvalue weighted by Crippen LogP contribution is -2.09. The molecule has 0 radical (unpaired) electrons. The highest BCUT2D eigenvalue weighted by Gasteiger charge is 2.24. The number of Topliss-reactive ketones (excluding diaryl/α,β-unsaturated/α-hetero) is 1. The zero-order chi connectivity index (χ0) is 28.3. The maximum Gasteiger partial charge on any atom is 0.210 e. The highest BCUT2D eigenvalue weighted by molar-refractivity contribution is 7.91. The summed E-state index contributed by atoms with van der Waals surface area (Å²) in [5, 5.41) is 3.28. The van der Waals surface area contributed by atoms with Gasteiger partial charge in [0.2, 0.25) is 9.84 Å². The van der Waals surface area contributed by atoms with Gasteiger partial charge >= 0.3 is 0 Å². The summed E-state index contributed by atoms with van der Waals surface area (Å²) in [7, 11) is -2.34. The molecule has 0 atom stereocenters. The van der Waals surface area contributed by atoms with E-state index >= 15 is 0 Å². The molecule has 0 aliphatic carbocycles. The van der Waals surface area contributed by atoms with E-state index in [1.54, 1.807) is 49.6 Å². The molecule has 0 aliphatic heterocycles. The number of carbonyl (C=O) groups excluding carboxylic acids is 1. The van der Waals surface area contributed by atoms with Crippen LogP contribution < -0.4 is 14.8 Å². The van der Waals surface area contributed by atoms with Crippen molar-refractivity contribution in [2.45, 2.75) is 51.0 Å². The molecule has 202 valence electrons. The maximum absolute atomic E-state index is 13.7. The number of pyridine rings is 1. The van der Waals surface area contributed by atoms with Gasteiger partial charge in [-0.25, -0.2) is 13.4 Å². The molecule has 1 heterocycles. The van der Waals surface area contributed by atoms with Crippen LogP contribution in [-0.4, -0.2) is 26.3 Å². The van der Waals surface area contributed by atoms with Gasteiger partial charge in [0, 0.05) is 22.5 Å². The maximum atomic E-state index is 13.7. The third-order valence-electron chi connectivity index (χ3n) is 6.42. The number of aromatic nitrogens is 1. The van der Waals surface area contributed by atoms with Crippen molar-refractivity contribution in [3.63, 3.8) is 0 Å². The topological polar surface area (TPSA) is 94.6 Å². The monoisotopic (exact) mass is 544 g/mol. The highest BCUT2D eigenvalue weighted by Crippen LogP contribution is 2.32. The number of nitrogens with zero attached hydrogens (tertiary/aromatic N) is 1. The Morgan fingerprint density at radius 3 is 2.18 bits per heavy atom. The van der Waals surface area contributed by atoms with Gasteiger partial charge in [-0.3, -0.25) is 4.79 Å². The first-order valence-electron chi connectivity index (χ1n) is 12.5. The second-order valence-electron chi connectivity index (χ2n) is 9.54. The van der Waals surface area contributed by atoms with E-state index in [0.29, 0.717) is 28.3 Å². The van der Waals surface area contributed by atoms with Gasteiger partial charge < -0.3 is 14.8 Å². The summed E-state index contributed by atoms with van der Waals surface area (Å²) < 4.78 is 38.6. The summed E-state index contributed by atoms with van der Waals surface area (Å²) in [4.78, 5) is 16.5. The fraction of sp³-hybridized carbons (Fsp3) is 0.226. The second-order valence-corrected chi connectivity index (χ2v) is 11.5. The smallest absolute Gasteiger partial charge is 0.210 e. The molecule has 3 aromatic carbocycles. The molecule has 0 aliphatic rings. The number of rotatable bonds is 9. The molecule has 1 N–H and O–H groups in total. The molecule has 1 aromatic heterocycles. The number of aryl methyl sites for hydroxylation is 4. The van der Waals surface area contributed by atoms with E-state index in [-0.39, 0.29) is 28.0 Å². The Hall–Kier alpha value is -4.17. The molecule has 39 heavy (non-hydrogen) atoms. The normalized spacial score (nSPS) is 11.2. The number of sulfone groups is 1. The van der Waals surface area contributed by atoms with Crippen molar-refractivity contribution >= 4 is 27.1 Å². The molecule has 0 spiro atoms. The molecule has 0 bridgehead atoms. The molecular formula is C31H32N2O5S. The van der Waals surface area contributed by atoms with Crippen LogP contribution in [0.15, 0.2) is 76.5 Å². The largest absolute Gasteiger partial charge is 0.496 e. The predicted molar refractivity (Wildman–Crippen MR) is 152 cm³/mol. The Kier molecular flexibility index (Phi) is 8.06. The summed E-state index contributed by atoms with van der Waals surface area (Å²) in [6.45, 7) is 9.47. The third kappa shape index (κ3) is 6.12. The number of nitrogens with one attached hydrogen (secondary N) is 1. The molecule has 0 saturated carbocycles. The average molecular weight is 545 g/mol. The van der Waals surface area contributed by atoms with Crippen LogP contribution in [0.3, 0.4) is 0 Å². The number of ketones is 1. The van der Waals surface area contributed by atoms with Crippen LogP contribution in [0, 0.1) is 27.7 Å². The Balaban J connectivity index is 1.60. The first kappa shape index (κ1) is 27.9. The lowest BCUT2D eigenvalue weighted by Gasteiger charge is -2.17. The number of hydrogen-bond donors (Lipinski definition) is 1. The van der Waals surface area contributed by atoms with Crippen molar-refractivity contribution in [1.29, 1.82) is 0 Å². The van der Waals surface area contributed by atoms with Crippen molar-refractivity contribution in [3.8, 4) is 11.5 Å². The lowest BCUT2D eigenvalue weighted by molar-refractivity contribution is 0.101. The van der Waals surface area contributed by atoms with Gasteiger partial charge in [-0.2, -0.15) is 0 Å². The van der Waals surface area contributed by atoms with Gasteiger partial charge in [0.1, 0.15) is 28.8 Å². The predicted octanol–water partition coefficient (Wildman–Crippen LogP) is 6.68. The standard InChI is InChI=1S/C31H32N2O5S/c1-19-15-20(2)30(21(3)16-19)33-31-29(14-7-22(4)32-31)39(35,36)27-11-9-26(10-12-27)38-18-25-17-24(23(5)34)8-13-28(25)37-6/h7-17H,18H2,1-6H3,(H,32,33). The first-order chi connectivity index (χ1) is 18.5. The number of benzene rings is 3. The van der Waals surface area contributed by atoms with Crippen molar-refractivity contribution in [1.82, 2.24) is 4.98 Å². The van der Waals surface area contributed by atoms with Crippen LogP contribution in [0.1, 0.15) is 45.2 Å². The van der Waals surface area contributed by atoms with Crippen LogP contribution >= 0.6 is 0 Å². The van der Waals surface area contributed by atoms with E-state index < -0.39 is 9.84 Å². The second kappa shape index (κ2) is 11.3. The van der Waals surface area contributed by atoms with Crippen LogP contribution in [-0.2, 0) is 16.4 Å². The summed E-state index contributed by atoms with van der Waals surface area (Å²) >= 11 is 0. The fourth-order valence-corrected chi connectivity index (χ4v) is 5.81. The minimum absolute atomic E-state index is 0.0550. The van der Waals surface area contributed by atoms with Crippen LogP contribution in [0.2, 0.25) is 0 Å². The third-order valence-corrected chi connectivity index (χ3v) is 8.22. The number of ether oxygens (including phenoxy) is 2. The van der Waals surface area contributed by atoms with E-state index in [9.17, 15) is 13.2 Å². The number of methoxy groups -OCH3 is 1. The molecule has 0 amide bonds. The van der Waals surface area contributed by atoms with Crippen molar-refractivity contribution in [2.75, 3.05) is 12.4 Å². The summed E-state index contributed by atoms with van der Waals surface area (Å²) in [5.41, 5.74) is 5.95. The molecule has 4 rings (SSSR count). The minimum atomic E-state index is -3.89. The van der Waals surface area contributed by atoms with Gasteiger partial charge in [-0.15, -0.1) is 0 Å². The quantitative estimate of drug-likeness (QED) is 0.235. The molecule has 0 unspecified atom stereocenters. The SMILES string of the molecule is COc1ccc(C(C)=O)cc1COc1ccc(S(=O)(=O)c2ccc(C)nc2Nc2c(C)cc(C)cc2C)cc1.